The minimum Gasteiger partial charge on any atom is -0.303 e. The summed E-state index contributed by atoms with van der Waals surface area (Å²) in [7, 11) is 0. The zero-order valence-electron chi connectivity index (χ0n) is 8.36. The van der Waals surface area contributed by atoms with Crippen LogP contribution in [0.25, 0.3) is 0 Å². The summed E-state index contributed by atoms with van der Waals surface area (Å²) < 4.78 is 0. The molecular weight excluding hydrogens is 162 g/mol. The highest BCUT2D eigenvalue weighted by atomic mass is 16.1. The molecule has 13 heavy (non-hydrogen) atoms. The predicted molar refractivity (Wildman–Crippen MR) is 50.8 cm³/mol. The van der Waals surface area contributed by atoms with Crippen LogP contribution in [0.4, 0.5) is 0 Å². The normalized spacial score (nSPS) is 36.2. The minimum atomic E-state index is 0.0190. The molecule has 0 aromatic rings. The van der Waals surface area contributed by atoms with Crippen LogP contribution < -0.4 is 0 Å². The fraction of sp³-hybridized carbons (Fsp3) is 0.818. The third-order valence-corrected chi connectivity index (χ3v) is 3.30. The van der Waals surface area contributed by atoms with Gasteiger partial charge in [-0.25, -0.2) is 0 Å². The fourth-order valence-corrected chi connectivity index (χ4v) is 2.59. The summed E-state index contributed by atoms with van der Waals surface area (Å²) in [6.45, 7) is 4.09. The average molecular weight is 179 g/mol. The molecule has 0 aromatic carbocycles. The van der Waals surface area contributed by atoms with Crippen LogP contribution in [0.2, 0.25) is 0 Å². The maximum atomic E-state index is 10.8. The smallest absolute Gasteiger partial charge is 0.123 e. The van der Waals surface area contributed by atoms with Gasteiger partial charge in [-0.1, -0.05) is 19.8 Å². The summed E-state index contributed by atoms with van der Waals surface area (Å²) in [5, 5.41) is 8.85. The van der Waals surface area contributed by atoms with E-state index in [1.807, 2.05) is 6.92 Å². The predicted octanol–water partition coefficient (Wildman–Crippen LogP) is 2.40. The molecule has 1 fully saturated rings. The zero-order valence-corrected chi connectivity index (χ0v) is 8.36. The molecular formula is C11H17NO. The number of nitrogens with zero attached hydrogens (tertiary/aromatic N) is 1. The number of aldehydes is 1. The third-order valence-electron chi connectivity index (χ3n) is 3.30. The van der Waals surface area contributed by atoms with Gasteiger partial charge in [0.25, 0.3) is 0 Å². The van der Waals surface area contributed by atoms with E-state index in [-0.39, 0.29) is 17.8 Å². The molecule has 0 bridgehead atoms. The lowest BCUT2D eigenvalue weighted by Crippen LogP contribution is -2.32. The first-order valence-electron chi connectivity index (χ1n) is 5.05. The molecule has 0 unspecified atom stereocenters. The second-order valence-corrected chi connectivity index (χ2v) is 4.20. The van der Waals surface area contributed by atoms with E-state index in [0.717, 1.165) is 19.1 Å². The van der Waals surface area contributed by atoms with Gasteiger partial charge in [-0.2, -0.15) is 5.26 Å². The van der Waals surface area contributed by atoms with Crippen molar-refractivity contribution in [1.82, 2.24) is 0 Å². The number of hydrogen-bond donors (Lipinski definition) is 0. The average Bonchev–Trinajstić information content (AvgIpc) is 2.16. The van der Waals surface area contributed by atoms with Crippen LogP contribution in [-0.4, -0.2) is 6.29 Å². The van der Waals surface area contributed by atoms with E-state index in [2.05, 4.69) is 13.0 Å². The Bertz CT molecular complexity index is 219. The Labute approximate surface area is 79.9 Å². The first-order chi connectivity index (χ1) is 6.20. The van der Waals surface area contributed by atoms with Gasteiger partial charge in [0.2, 0.25) is 0 Å². The highest BCUT2D eigenvalue weighted by Crippen LogP contribution is 2.38. The molecule has 1 aliphatic carbocycles. The number of carbonyl (C=O) groups is 1. The van der Waals surface area contributed by atoms with Gasteiger partial charge < -0.3 is 4.79 Å². The van der Waals surface area contributed by atoms with Crippen LogP contribution in [0, 0.1) is 35.0 Å². The molecule has 0 saturated heterocycles. The molecule has 0 heterocycles. The molecule has 0 N–H and O–H groups in total. The second-order valence-electron chi connectivity index (χ2n) is 4.20. The van der Waals surface area contributed by atoms with E-state index in [0.29, 0.717) is 5.92 Å². The Morgan fingerprint density at radius 3 is 2.77 bits per heavy atom. The van der Waals surface area contributed by atoms with Crippen molar-refractivity contribution in [3.63, 3.8) is 0 Å². The number of nitriles is 1. The maximum Gasteiger partial charge on any atom is 0.123 e. The number of hydrogen-bond acceptors (Lipinski definition) is 2. The molecule has 1 aliphatic rings. The van der Waals surface area contributed by atoms with Crippen LogP contribution >= 0.6 is 0 Å². The van der Waals surface area contributed by atoms with Gasteiger partial charge in [-0.15, -0.1) is 0 Å². The summed E-state index contributed by atoms with van der Waals surface area (Å²) in [6.07, 6.45) is 4.33. The van der Waals surface area contributed by atoms with E-state index in [1.165, 1.54) is 6.42 Å². The molecule has 1 saturated carbocycles. The Morgan fingerprint density at radius 2 is 2.23 bits per heavy atom. The lowest BCUT2D eigenvalue weighted by Gasteiger charge is -2.35. The van der Waals surface area contributed by atoms with Crippen LogP contribution in [0.1, 0.15) is 33.1 Å². The highest BCUT2D eigenvalue weighted by Gasteiger charge is 2.34. The highest BCUT2D eigenvalue weighted by molar-refractivity contribution is 5.54. The van der Waals surface area contributed by atoms with E-state index in [1.54, 1.807) is 0 Å². The molecule has 2 nitrogen and oxygen atoms in total. The van der Waals surface area contributed by atoms with Crippen molar-refractivity contribution in [1.29, 1.82) is 5.26 Å². The molecule has 1 rings (SSSR count). The maximum absolute atomic E-state index is 10.8. The fourth-order valence-electron chi connectivity index (χ4n) is 2.59. The summed E-state index contributed by atoms with van der Waals surface area (Å²) in [5.74, 6) is 0.957. The van der Waals surface area contributed by atoms with Crippen LogP contribution in [0.15, 0.2) is 0 Å². The van der Waals surface area contributed by atoms with Crippen molar-refractivity contribution in [2.75, 3.05) is 0 Å². The van der Waals surface area contributed by atoms with E-state index in [9.17, 15) is 4.79 Å². The van der Waals surface area contributed by atoms with Crippen molar-refractivity contribution >= 4 is 6.29 Å². The van der Waals surface area contributed by atoms with Gasteiger partial charge in [0.05, 0.1) is 6.07 Å². The molecule has 0 aliphatic heterocycles. The topological polar surface area (TPSA) is 40.9 Å². The Morgan fingerprint density at radius 1 is 1.54 bits per heavy atom. The Hall–Kier alpha value is -0.840. The van der Waals surface area contributed by atoms with Crippen molar-refractivity contribution in [3.05, 3.63) is 0 Å². The van der Waals surface area contributed by atoms with E-state index in [4.69, 9.17) is 5.26 Å². The SMILES string of the molecule is C[C@H](C#N)[C@H]1[C@H](C)CCC[C@@H]1C=O. The molecule has 4 atom stereocenters. The summed E-state index contributed by atoms with van der Waals surface area (Å²) in [4.78, 5) is 10.8. The first-order valence-corrected chi connectivity index (χ1v) is 5.05. The van der Waals surface area contributed by atoms with Crippen LogP contribution in [-0.2, 0) is 4.79 Å². The molecule has 0 aromatic heterocycles. The van der Waals surface area contributed by atoms with E-state index >= 15 is 0 Å². The molecule has 0 radical (unpaired) electrons. The molecule has 0 spiro atoms. The molecule has 0 amide bonds. The first kappa shape index (κ1) is 10.2. The van der Waals surface area contributed by atoms with Gasteiger partial charge in [0.1, 0.15) is 6.29 Å². The van der Waals surface area contributed by atoms with Crippen molar-refractivity contribution in [2.45, 2.75) is 33.1 Å². The van der Waals surface area contributed by atoms with Crippen molar-refractivity contribution in [3.8, 4) is 6.07 Å². The zero-order chi connectivity index (χ0) is 9.84. The summed E-state index contributed by atoms with van der Waals surface area (Å²) in [5.41, 5.74) is 0. The van der Waals surface area contributed by atoms with Crippen molar-refractivity contribution < 1.29 is 4.79 Å². The Kier molecular flexibility index (Phi) is 3.48. The van der Waals surface area contributed by atoms with Crippen LogP contribution in [0.3, 0.4) is 0 Å². The number of rotatable bonds is 2. The molecule has 2 heteroatoms. The number of carbonyl (C=O) groups excluding carboxylic acids is 1. The standard InChI is InChI=1S/C11H17NO/c1-8-4-3-5-10(7-13)11(8)9(2)6-12/h7-11H,3-5H2,1-2H3/t8-,9-,10-,11-/m1/s1. The largest absolute Gasteiger partial charge is 0.303 e. The van der Waals surface area contributed by atoms with Crippen molar-refractivity contribution in [2.24, 2.45) is 23.7 Å². The minimum absolute atomic E-state index is 0.0190. The lowest BCUT2D eigenvalue weighted by atomic mass is 9.68. The summed E-state index contributed by atoms with van der Waals surface area (Å²) in [6, 6.07) is 2.27. The summed E-state index contributed by atoms with van der Waals surface area (Å²) >= 11 is 0. The monoisotopic (exact) mass is 179 g/mol. The lowest BCUT2D eigenvalue weighted by molar-refractivity contribution is -0.114. The van der Waals surface area contributed by atoms with Gasteiger partial charge >= 0.3 is 0 Å². The molecule has 72 valence electrons. The van der Waals surface area contributed by atoms with Crippen LogP contribution in [0.5, 0.6) is 0 Å². The van der Waals surface area contributed by atoms with Gasteiger partial charge in [-0.3, -0.25) is 0 Å². The van der Waals surface area contributed by atoms with Gasteiger partial charge in [-0.05, 0) is 25.2 Å². The Balaban J connectivity index is 2.74. The third kappa shape index (κ3) is 2.09. The van der Waals surface area contributed by atoms with E-state index < -0.39 is 0 Å². The second kappa shape index (κ2) is 4.41. The van der Waals surface area contributed by atoms with Gasteiger partial charge in [0, 0.05) is 11.8 Å². The van der Waals surface area contributed by atoms with Gasteiger partial charge in [0.15, 0.2) is 0 Å². The quantitative estimate of drug-likeness (QED) is 0.611.